The molecule has 0 aliphatic heterocycles. The van der Waals surface area contributed by atoms with E-state index in [4.69, 9.17) is 14.2 Å². The van der Waals surface area contributed by atoms with Gasteiger partial charge in [0.05, 0.1) is 7.11 Å². The zero-order valence-corrected chi connectivity index (χ0v) is 18.3. The van der Waals surface area contributed by atoms with Gasteiger partial charge in [-0.3, -0.25) is 14.6 Å². The van der Waals surface area contributed by atoms with Gasteiger partial charge in [0.2, 0.25) is 5.91 Å². The summed E-state index contributed by atoms with van der Waals surface area (Å²) in [5.41, 5.74) is 2.51. The molecule has 0 fully saturated rings. The van der Waals surface area contributed by atoms with Crippen molar-refractivity contribution in [3.05, 3.63) is 78.1 Å². The third-order valence-corrected chi connectivity index (χ3v) is 4.72. The fraction of sp³-hybridized carbons (Fsp3) is 0.240. The molecule has 7 heteroatoms. The molecule has 0 aliphatic carbocycles. The Balaban J connectivity index is 1.60. The third kappa shape index (κ3) is 6.57. The molecule has 1 heterocycles. The highest BCUT2D eigenvalue weighted by atomic mass is 16.6. The number of aromatic nitrogens is 1. The van der Waals surface area contributed by atoms with E-state index in [0.717, 1.165) is 16.9 Å². The number of amides is 1. The lowest BCUT2D eigenvalue weighted by Crippen LogP contribution is -2.22. The van der Waals surface area contributed by atoms with Crippen molar-refractivity contribution in [2.45, 2.75) is 26.9 Å². The Kier molecular flexibility index (Phi) is 7.80. The number of nitrogens with one attached hydrogen (secondary N) is 1. The van der Waals surface area contributed by atoms with Crippen LogP contribution in [0.5, 0.6) is 17.2 Å². The molecule has 0 bridgehead atoms. The van der Waals surface area contributed by atoms with Crippen LogP contribution in [0.25, 0.3) is 0 Å². The average molecular weight is 434 g/mol. The van der Waals surface area contributed by atoms with Crippen LogP contribution in [0.15, 0.2) is 67.0 Å². The Hall–Kier alpha value is -3.87. The first-order chi connectivity index (χ1) is 15.4. The standard InChI is InChI=1S/C25H26N2O5/c1-17(13-19-7-8-23(30-3)24(15-19)32-18(2)28)25(29)27-21-6-4-5-20(14-21)16-31-22-9-11-26-12-10-22/h4-12,14-15,17H,13,16H2,1-3H3,(H,27,29). The first-order valence-electron chi connectivity index (χ1n) is 10.2. The van der Waals surface area contributed by atoms with Gasteiger partial charge in [0.25, 0.3) is 0 Å². The predicted molar refractivity (Wildman–Crippen MR) is 121 cm³/mol. The van der Waals surface area contributed by atoms with Crippen molar-refractivity contribution in [1.82, 2.24) is 4.98 Å². The normalized spacial score (nSPS) is 11.3. The van der Waals surface area contributed by atoms with Gasteiger partial charge in [-0.25, -0.2) is 0 Å². The number of benzene rings is 2. The van der Waals surface area contributed by atoms with Crippen LogP contribution in [-0.2, 0) is 22.6 Å². The zero-order valence-electron chi connectivity index (χ0n) is 18.3. The Bertz CT molecular complexity index is 1070. The van der Waals surface area contributed by atoms with Crippen LogP contribution in [0, 0.1) is 5.92 Å². The zero-order chi connectivity index (χ0) is 22.9. The molecule has 2 aromatic carbocycles. The third-order valence-electron chi connectivity index (χ3n) is 4.72. The second-order valence-electron chi connectivity index (χ2n) is 7.35. The molecule has 1 amide bonds. The lowest BCUT2D eigenvalue weighted by Gasteiger charge is -2.15. The molecule has 3 rings (SSSR count). The largest absolute Gasteiger partial charge is 0.493 e. The van der Waals surface area contributed by atoms with Gasteiger partial charge in [-0.2, -0.15) is 0 Å². The number of rotatable bonds is 9. The van der Waals surface area contributed by atoms with Gasteiger partial charge in [0.1, 0.15) is 12.4 Å². The Morgan fingerprint density at radius 2 is 1.78 bits per heavy atom. The predicted octanol–water partition coefficient (Wildman–Crippen LogP) is 4.41. The van der Waals surface area contributed by atoms with Crippen LogP contribution < -0.4 is 19.5 Å². The summed E-state index contributed by atoms with van der Waals surface area (Å²) in [7, 11) is 1.51. The summed E-state index contributed by atoms with van der Waals surface area (Å²) in [5, 5.41) is 2.96. The summed E-state index contributed by atoms with van der Waals surface area (Å²) in [5.74, 6) is 0.695. The monoisotopic (exact) mass is 434 g/mol. The lowest BCUT2D eigenvalue weighted by atomic mass is 9.99. The molecule has 0 aliphatic rings. The average Bonchev–Trinajstić information content (AvgIpc) is 2.78. The number of carbonyl (C=O) groups excluding carboxylic acids is 2. The van der Waals surface area contributed by atoms with Gasteiger partial charge in [0.15, 0.2) is 11.5 Å². The van der Waals surface area contributed by atoms with Crippen molar-refractivity contribution in [3.8, 4) is 17.2 Å². The van der Waals surface area contributed by atoms with Crippen LogP contribution in [-0.4, -0.2) is 24.0 Å². The summed E-state index contributed by atoms with van der Waals surface area (Å²) in [4.78, 5) is 28.0. The molecule has 0 radical (unpaired) electrons. The lowest BCUT2D eigenvalue weighted by molar-refractivity contribution is -0.132. The maximum Gasteiger partial charge on any atom is 0.308 e. The molecule has 32 heavy (non-hydrogen) atoms. The van der Waals surface area contributed by atoms with E-state index in [1.165, 1.54) is 14.0 Å². The number of nitrogens with zero attached hydrogens (tertiary/aromatic N) is 1. The van der Waals surface area contributed by atoms with E-state index in [1.54, 1.807) is 36.7 Å². The first kappa shape index (κ1) is 22.8. The maximum absolute atomic E-state index is 12.7. The fourth-order valence-corrected chi connectivity index (χ4v) is 3.13. The van der Waals surface area contributed by atoms with Gasteiger partial charge in [-0.1, -0.05) is 25.1 Å². The summed E-state index contributed by atoms with van der Waals surface area (Å²) < 4.78 is 16.2. The molecule has 3 aromatic rings. The molecule has 1 aromatic heterocycles. The van der Waals surface area contributed by atoms with E-state index in [9.17, 15) is 9.59 Å². The quantitative estimate of drug-likeness (QED) is 0.397. The van der Waals surface area contributed by atoms with E-state index in [1.807, 2.05) is 37.3 Å². The molecule has 166 valence electrons. The van der Waals surface area contributed by atoms with Crippen LogP contribution in [0.2, 0.25) is 0 Å². The van der Waals surface area contributed by atoms with Crippen LogP contribution in [0.1, 0.15) is 25.0 Å². The first-order valence-corrected chi connectivity index (χ1v) is 10.2. The van der Waals surface area contributed by atoms with Crippen molar-refractivity contribution in [3.63, 3.8) is 0 Å². The topological polar surface area (TPSA) is 86.8 Å². The number of carbonyl (C=O) groups is 2. The molecule has 1 unspecified atom stereocenters. The van der Waals surface area contributed by atoms with Gasteiger partial charge in [-0.15, -0.1) is 0 Å². The van der Waals surface area contributed by atoms with Gasteiger partial charge in [-0.05, 0) is 53.9 Å². The van der Waals surface area contributed by atoms with Crippen molar-refractivity contribution >= 4 is 17.6 Å². The van der Waals surface area contributed by atoms with Crippen molar-refractivity contribution < 1.29 is 23.8 Å². The highest BCUT2D eigenvalue weighted by Gasteiger charge is 2.16. The number of esters is 1. The summed E-state index contributed by atoms with van der Waals surface area (Å²) in [6.07, 6.45) is 3.83. The molecule has 0 saturated heterocycles. The van der Waals surface area contributed by atoms with Crippen LogP contribution >= 0.6 is 0 Å². The number of ether oxygens (including phenoxy) is 3. The highest BCUT2D eigenvalue weighted by molar-refractivity contribution is 5.92. The Morgan fingerprint density at radius 1 is 1.00 bits per heavy atom. The van der Waals surface area contributed by atoms with Gasteiger partial charge >= 0.3 is 5.97 Å². The van der Waals surface area contributed by atoms with Crippen LogP contribution in [0.4, 0.5) is 5.69 Å². The number of anilines is 1. The molecule has 0 spiro atoms. The van der Waals surface area contributed by atoms with Gasteiger partial charge in [0, 0.05) is 30.9 Å². The summed E-state index contributed by atoms with van der Waals surface area (Å²) in [6, 6.07) is 16.4. The smallest absolute Gasteiger partial charge is 0.308 e. The second kappa shape index (κ2) is 10.9. The maximum atomic E-state index is 12.7. The molecule has 1 N–H and O–H groups in total. The van der Waals surface area contributed by atoms with E-state index in [-0.39, 0.29) is 11.8 Å². The number of hydrogen-bond donors (Lipinski definition) is 1. The number of pyridine rings is 1. The van der Waals surface area contributed by atoms with E-state index in [0.29, 0.717) is 30.2 Å². The molecule has 7 nitrogen and oxygen atoms in total. The fourth-order valence-electron chi connectivity index (χ4n) is 3.13. The molecular weight excluding hydrogens is 408 g/mol. The number of methoxy groups -OCH3 is 1. The van der Waals surface area contributed by atoms with Crippen molar-refractivity contribution in [1.29, 1.82) is 0 Å². The van der Waals surface area contributed by atoms with Gasteiger partial charge < -0.3 is 19.5 Å². The summed E-state index contributed by atoms with van der Waals surface area (Å²) >= 11 is 0. The Morgan fingerprint density at radius 3 is 2.50 bits per heavy atom. The van der Waals surface area contributed by atoms with Crippen LogP contribution in [0.3, 0.4) is 0 Å². The second-order valence-corrected chi connectivity index (χ2v) is 7.35. The van der Waals surface area contributed by atoms with Crippen molar-refractivity contribution in [2.75, 3.05) is 12.4 Å². The molecular formula is C25H26N2O5. The van der Waals surface area contributed by atoms with E-state index in [2.05, 4.69) is 10.3 Å². The summed E-state index contributed by atoms with van der Waals surface area (Å²) in [6.45, 7) is 3.56. The minimum absolute atomic E-state index is 0.109. The SMILES string of the molecule is COc1ccc(CC(C)C(=O)Nc2cccc(COc3ccncc3)c2)cc1OC(C)=O. The Labute approximate surface area is 187 Å². The molecule has 1 atom stereocenters. The number of hydrogen-bond acceptors (Lipinski definition) is 6. The minimum atomic E-state index is -0.431. The van der Waals surface area contributed by atoms with E-state index >= 15 is 0 Å². The molecule has 0 saturated carbocycles. The van der Waals surface area contributed by atoms with E-state index < -0.39 is 5.97 Å². The highest BCUT2D eigenvalue weighted by Crippen LogP contribution is 2.29. The van der Waals surface area contributed by atoms with Crippen molar-refractivity contribution in [2.24, 2.45) is 5.92 Å². The minimum Gasteiger partial charge on any atom is -0.493 e.